The second-order valence-electron chi connectivity index (χ2n) is 5.01. The van der Waals surface area contributed by atoms with Crippen molar-refractivity contribution >= 4 is 17.3 Å². The fraction of sp³-hybridized carbons (Fsp3) is 0.188. The molecule has 24 heavy (non-hydrogen) atoms. The summed E-state index contributed by atoms with van der Waals surface area (Å²) in [6.45, 7) is 0.100. The van der Waals surface area contributed by atoms with Crippen molar-refractivity contribution in [3.05, 3.63) is 69.5 Å². The van der Waals surface area contributed by atoms with Gasteiger partial charge in [-0.25, -0.2) is 4.39 Å². The summed E-state index contributed by atoms with van der Waals surface area (Å²) < 4.78 is 18.2. The predicted molar refractivity (Wildman–Crippen MR) is 86.0 cm³/mol. The number of carbonyl (C=O) groups excluding carboxylic acids is 1. The van der Waals surface area contributed by atoms with Crippen LogP contribution in [0.3, 0.4) is 0 Å². The van der Waals surface area contributed by atoms with E-state index in [4.69, 9.17) is 10.5 Å². The standard InChI is InChI=1S/C16H16FN3O4/c1-24-15(10-2-4-11(17)5-3-10)9-19-16(21)13-8-12(20(22)23)6-7-14(13)18/h2-8,15H,9,18H2,1H3,(H,19,21). The van der Waals surface area contributed by atoms with Gasteiger partial charge < -0.3 is 15.8 Å². The van der Waals surface area contributed by atoms with Crippen LogP contribution in [0.25, 0.3) is 0 Å². The summed E-state index contributed by atoms with van der Waals surface area (Å²) >= 11 is 0. The molecule has 0 saturated carbocycles. The molecule has 1 amide bonds. The maximum atomic E-state index is 13.0. The maximum absolute atomic E-state index is 13.0. The highest BCUT2D eigenvalue weighted by Gasteiger charge is 2.17. The molecule has 2 rings (SSSR count). The Morgan fingerprint density at radius 3 is 2.58 bits per heavy atom. The third-order valence-corrected chi connectivity index (χ3v) is 3.47. The first-order valence-corrected chi connectivity index (χ1v) is 7.02. The van der Waals surface area contributed by atoms with Crippen LogP contribution in [-0.2, 0) is 4.74 Å². The molecule has 0 radical (unpaired) electrons. The van der Waals surface area contributed by atoms with Crippen LogP contribution < -0.4 is 11.1 Å². The molecular formula is C16H16FN3O4. The van der Waals surface area contributed by atoms with E-state index in [1.54, 1.807) is 12.1 Å². The second-order valence-corrected chi connectivity index (χ2v) is 5.01. The molecule has 0 aliphatic rings. The Bertz CT molecular complexity index is 749. The zero-order valence-electron chi connectivity index (χ0n) is 12.9. The number of non-ortho nitro benzene ring substituents is 1. The third-order valence-electron chi connectivity index (χ3n) is 3.47. The van der Waals surface area contributed by atoms with Crippen molar-refractivity contribution in [3.8, 4) is 0 Å². The number of nitro groups is 1. The van der Waals surface area contributed by atoms with Crippen molar-refractivity contribution in [2.75, 3.05) is 19.4 Å². The zero-order valence-corrected chi connectivity index (χ0v) is 12.9. The fourth-order valence-electron chi connectivity index (χ4n) is 2.15. The summed E-state index contributed by atoms with van der Waals surface area (Å²) in [4.78, 5) is 22.4. The molecule has 1 unspecified atom stereocenters. The molecular weight excluding hydrogens is 317 g/mol. The minimum atomic E-state index is -0.604. The van der Waals surface area contributed by atoms with Crippen LogP contribution in [0.5, 0.6) is 0 Å². The van der Waals surface area contributed by atoms with E-state index in [-0.39, 0.29) is 29.3 Å². The van der Waals surface area contributed by atoms with Gasteiger partial charge in [0.05, 0.1) is 16.6 Å². The van der Waals surface area contributed by atoms with E-state index >= 15 is 0 Å². The molecule has 0 aliphatic carbocycles. The summed E-state index contributed by atoms with van der Waals surface area (Å²) in [5.41, 5.74) is 6.31. The Labute approximate surface area is 137 Å². The Balaban J connectivity index is 2.10. The molecule has 0 aliphatic heterocycles. The Hall–Kier alpha value is -3.00. The average molecular weight is 333 g/mol. The number of nitrogens with one attached hydrogen (secondary N) is 1. The van der Waals surface area contributed by atoms with Gasteiger partial charge in [-0.2, -0.15) is 0 Å². The largest absolute Gasteiger partial charge is 0.398 e. The lowest BCUT2D eigenvalue weighted by molar-refractivity contribution is -0.384. The molecule has 0 heterocycles. The van der Waals surface area contributed by atoms with Crippen molar-refractivity contribution < 1.29 is 18.8 Å². The highest BCUT2D eigenvalue weighted by molar-refractivity contribution is 5.99. The van der Waals surface area contributed by atoms with Gasteiger partial charge in [0.25, 0.3) is 11.6 Å². The van der Waals surface area contributed by atoms with Gasteiger partial charge in [0.15, 0.2) is 0 Å². The molecule has 2 aromatic carbocycles. The number of benzene rings is 2. The van der Waals surface area contributed by atoms with E-state index in [9.17, 15) is 19.3 Å². The summed E-state index contributed by atoms with van der Waals surface area (Å²) in [5.74, 6) is -0.928. The lowest BCUT2D eigenvalue weighted by Crippen LogP contribution is -2.29. The van der Waals surface area contributed by atoms with E-state index in [0.29, 0.717) is 5.56 Å². The van der Waals surface area contributed by atoms with Gasteiger partial charge in [-0.15, -0.1) is 0 Å². The number of nitro benzene ring substituents is 1. The Morgan fingerprint density at radius 2 is 2.00 bits per heavy atom. The zero-order chi connectivity index (χ0) is 17.7. The second kappa shape index (κ2) is 7.51. The van der Waals surface area contributed by atoms with E-state index in [2.05, 4.69) is 5.32 Å². The molecule has 0 bridgehead atoms. The highest BCUT2D eigenvalue weighted by Crippen LogP contribution is 2.20. The smallest absolute Gasteiger partial charge is 0.270 e. The van der Waals surface area contributed by atoms with Crippen molar-refractivity contribution in [2.45, 2.75) is 6.10 Å². The number of halogens is 1. The maximum Gasteiger partial charge on any atom is 0.270 e. The van der Waals surface area contributed by atoms with Crippen molar-refractivity contribution in [3.63, 3.8) is 0 Å². The summed E-state index contributed by atoms with van der Waals surface area (Å²) in [7, 11) is 1.46. The number of hydrogen-bond donors (Lipinski definition) is 2. The lowest BCUT2D eigenvalue weighted by atomic mass is 10.1. The van der Waals surface area contributed by atoms with E-state index in [0.717, 1.165) is 6.07 Å². The number of methoxy groups -OCH3 is 1. The average Bonchev–Trinajstić information content (AvgIpc) is 2.56. The lowest BCUT2D eigenvalue weighted by Gasteiger charge is -2.17. The van der Waals surface area contributed by atoms with Gasteiger partial charge >= 0.3 is 0 Å². The van der Waals surface area contributed by atoms with Gasteiger partial charge in [-0.3, -0.25) is 14.9 Å². The molecule has 1 atom stereocenters. The number of nitrogens with zero attached hydrogens (tertiary/aromatic N) is 1. The molecule has 3 N–H and O–H groups in total. The SMILES string of the molecule is COC(CNC(=O)c1cc([N+](=O)[O-])ccc1N)c1ccc(F)cc1. The summed E-state index contributed by atoms with van der Waals surface area (Å²) in [6.07, 6.45) is -0.491. The van der Waals surface area contributed by atoms with Crippen LogP contribution in [0, 0.1) is 15.9 Å². The molecule has 2 aromatic rings. The molecule has 126 valence electrons. The number of rotatable bonds is 6. The predicted octanol–water partition coefficient (Wildman–Crippen LogP) is 2.43. The number of nitrogens with two attached hydrogens (primary N) is 1. The number of amides is 1. The van der Waals surface area contributed by atoms with E-state index < -0.39 is 16.9 Å². The van der Waals surface area contributed by atoms with Crippen LogP contribution in [0.4, 0.5) is 15.8 Å². The molecule has 0 spiro atoms. The monoisotopic (exact) mass is 333 g/mol. The Morgan fingerprint density at radius 1 is 1.33 bits per heavy atom. The topological polar surface area (TPSA) is 107 Å². The van der Waals surface area contributed by atoms with E-state index in [1.165, 1.54) is 31.4 Å². The quantitative estimate of drug-likeness (QED) is 0.479. The first-order valence-electron chi connectivity index (χ1n) is 7.02. The van der Waals surface area contributed by atoms with Crippen molar-refractivity contribution in [1.82, 2.24) is 5.32 Å². The third kappa shape index (κ3) is 4.05. The fourth-order valence-corrected chi connectivity index (χ4v) is 2.15. The van der Waals surface area contributed by atoms with Gasteiger partial charge in [-0.05, 0) is 23.8 Å². The highest BCUT2D eigenvalue weighted by atomic mass is 19.1. The van der Waals surface area contributed by atoms with Crippen LogP contribution in [0.1, 0.15) is 22.0 Å². The molecule has 7 nitrogen and oxygen atoms in total. The summed E-state index contributed by atoms with van der Waals surface area (Å²) in [6, 6.07) is 9.34. The number of hydrogen-bond acceptors (Lipinski definition) is 5. The number of anilines is 1. The van der Waals surface area contributed by atoms with Crippen molar-refractivity contribution in [2.24, 2.45) is 0 Å². The van der Waals surface area contributed by atoms with E-state index in [1.807, 2.05) is 0 Å². The summed E-state index contributed by atoms with van der Waals surface area (Å²) in [5, 5.41) is 13.4. The molecule has 0 saturated heterocycles. The first-order chi connectivity index (χ1) is 11.4. The van der Waals surface area contributed by atoms with Crippen LogP contribution in [-0.4, -0.2) is 24.5 Å². The van der Waals surface area contributed by atoms with Crippen molar-refractivity contribution in [1.29, 1.82) is 0 Å². The molecule has 0 aromatic heterocycles. The minimum Gasteiger partial charge on any atom is -0.398 e. The normalized spacial score (nSPS) is 11.8. The van der Waals surface area contributed by atoms with Gasteiger partial charge in [0, 0.05) is 31.5 Å². The van der Waals surface area contributed by atoms with Crippen LogP contribution in [0.15, 0.2) is 42.5 Å². The Kier molecular flexibility index (Phi) is 5.43. The van der Waals surface area contributed by atoms with Gasteiger partial charge in [0.2, 0.25) is 0 Å². The van der Waals surface area contributed by atoms with Gasteiger partial charge in [-0.1, -0.05) is 12.1 Å². The van der Waals surface area contributed by atoms with Crippen LogP contribution >= 0.6 is 0 Å². The van der Waals surface area contributed by atoms with Crippen LogP contribution in [0.2, 0.25) is 0 Å². The first kappa shape index (κ1) is 17.4. The molecule has 8 heteroatoms. The van der Waals surface area contributed by atoms with Gasteiger partial charge in [0.1, 0.15) is 5.82 Å². The minimum absolute atomic E-state index is 0.0122. The number of carbonyl (C=O) groups is 1. The molecule has 0 fully saturated rings. The number of nitrogen functional groups attached to an aromatic ring is 1. The number of ether oxygens (including phenoxy) is 1.